The van der Waals surface area contributed by atoms with Gasteiger partial charge in [0.2, 0.25) is 0 Å². The van der Waals surface area contributed by atoms with Gasteiger partial charge in [0, 0.05) is 0 Å². The zero-order valence-electron chi connectivity index (χ0n) is 12.7. The van der Waals surface area contributed by atoms with Gasteiger partial charge in [-0.05, 0) is 0 Å². The molecule has 4 nitrogen and oxygen atoms in total. The zero-order chi connectivity index (χ0) is 15.9. The zero-order valence-corrected chi connectivity index (χ0v) is 13.8. The van der Waals surface area contributed by atoms with Crippen molar-refractivity contribution in [2.45, 2.75) is 47.7 Å². The number of carbonyl (C=O) groups excluding carboxylic acids is 1. The van der Waals surface area contributed by atoms with Crippen LogP contribution in [0, 0.1) is 0 Å². The van der Waals surface area contributed by atoms with E-state index in [4.69, 9.17) is 0 Å². The second-order valence-corrected chi connectivity index (χ2v) is 35.9. The topological polar surface area (TPSA) is 77.8 Å². The fraction of sp³-hybridized carbons (Fsp3) is 0.526. The summed E-state index contributed by atoms with van der Waals surface area (Å²) in [5.41, 5.74) is 0.707. The number of benzene rings is 1. The van der Waals surface area contributed by atoms with Gasteiger partial charge < -0.3 is 0 Å². The van der Waals surface area contributed by atoms with Crippen molar-refractivity contribution in [3.63, 3.8) is 0 Å². The van der Waals surface area contributed by atoms with Gasteiger partial charge in [0.1, 0.15) is 0 Å². The Morgan fingerprint density at radius 1 is 0.917 bits per heavy atom. The normalized spacial score (nSPS) is 87.4. The molecule has 0 amide bonds. The van der Waals surface area contributed by atoms with Crippen molar-refractivity contribution < 1.29 is 26.6 Å². The Labute approximate surface area is 127 Å². The Balaban J connectivity index is 1.22. The number of ketones is 1. The molecule has 0 aliphatic carbocycles. The first-order valence-corrected chi connectivity index (χ1v) is 15.2. The molecule has 1 aromatic carbocycles. The SMILES string of the molecule is C=C(C(=O)c1c(O)cc(O)cc1O)[C]12[CH]3[CH]4[CH]5[CH]1[Fe]45321678[CH]2[CH]1[CH]6[CH]7[CH]28. The van der Waals surface area contributed by atoms with Crippen LogP contribution < -0.4 is 0 Å². The number of fused-ring (bicyclic) bond motifs is 10. The number of phenolic OH excluding ortho intramolecular Hbond substituents is 3. The van der Waals surface area contributed by atoms with Crippen LogP contribution in [0.2, 0.25) is 47.7 Å². The molecule has 11 rings (SSSR count). The van der Waals surface area contributed by atoms with Gasteiger partial charge in [0.15, 0.2) is 0 Å². The molecule has 10 heterocycles. The number of allylic oxidation sites excluding steroid dienone is 1. The molecule has 10 aliphatic heterocycles. The Kier molecular flexibility index (Phi) is 0.402. The number of hydrogen-bond donors (Lipinski definition) is 3. The van der Waals surface area contributed by atoms with Crippen molar-refractivity contribution in [3.8, 4) is 17.2 Å². The number of carbonyl (C=O) groups is 1. The number of phenols is 3. The van der Waals surface area contributed by atoms with E-state index in [9.17, 15) is 20.1 Å². The average molecular weight is 364 g/mol. The van der Waals surface area contributed by atoms with Crippen molar-refractivity contribution in [2.24, 2.45) is 0 Å². The molecule has 5 heteroatoms. The molecule has 10 fully saturated rings. The third kappa shape index (κ3) is 0.135. The van der Waals surface area contributed by atoms with Crippen molar-refractivity contribution in [2.75, 3.05) is 0 Å². The standard InChI is InChI=1S/C14H11O4.C5H5.Fe/c1-8(9-4-2-3-5-9)14(18)13-11(16)6-10(15)7-12(13)17;1-2-4-5-3-1;/h2-7,15-17H,1H2;1-5H;. The van der Waals surface area contributed by atoms with Gasteiger partial charge in [0.25, 0.3) is 0 Å². The maximum absolute atomic E-state index is 13.3. The molecule has 4 unspecified atom stereocenters. The Morgan fingerprint density at radius 2 is 1.38 bits per heavy atom. The van der Waals surface area contributed by atoms with E-state index in [0.717, 1.165) is 61.1 Å². The van der Waals surface area contributed by atoms with E-state index >= 15 is 0 Å². The summed E-state index contributed by atoms with van der Waals surface area (Å²) in [6, 6.07) is 2.28. The van der Waals surface area contributed by atoms with Crippen LogP contribution in [0.15, 0.2) is 24.3 Å². The van der Waals surface area contributed by atoms with Crippen molar-refractivity contribution in [1.29, 1.82) is 0 Å². The fourth-order valence-electron chi connectivity index (χ4n) is 18.2. The van der Waals surface area contributed by atoms with Gasteiger partial charge >= 0.3 is 127 Å². The first kappa shape index (κ1) is 9.88. The molecule has 1 aromatic rings. The predicted octanol–water partition coefficient (Wildman–Crippen LogP) is 4.30. The number of aromatic hydroxyl groups is 3. The fourth-order valence-corrected chi connectivity index (χ4v) is 92.5. The van der Waals surface area contributed by atoms with Crippen molar-refractivity contribution >= 4 is 5.78 Å². The van der Waals surface area contributed by atoms with E-state index < -0.39 is 6.51 Å². The van der Waals surface area contributed by atoms with Crippen LogP contribution in [0.3, 0.4) is 0 Å². The first-order chi connectivity index (χ1) is 11.2. The summed E-state index contributed by atoms with van der Waals surface area (Å²) < 4.78 is 0.229. The first-order valence-electron chi connectivity index (χ1n) is 8.89. The van der Waals surface area contributed by atoms with E-state index in [-0.39, 0.29) is 32.9 Å². The van der Waals surface area contributed by atoms with Crippen LogP contribution in [0.4, 0.5) is 0 Å². The summed E-state index contributed by atoms with van der Waals surface area (Å²) in [6.45, 7) is 0.868. The summed E-state index contributed by atoms with van der Waals surface area (Å²) in [5.74, 6) is -1.14. The van der Waals surface area contributed by atoms with E-state index in [1.54, 1.807) is 0 Å². The van der Waals surface area contributed by atoms with Gasteiger partial charge in [-0.25, -0.2) is 0 Å². The van der Waals surface area contributed by atoms with Crippen LogP contribution >= 0.6 is 0 Å². The van der Waals surface area contributed by atoms with Gasteiger partial charge in [-0.1, -0.05) is 0 Å². The van der Waals surface area contributed by atoms with Gasteiger partial charge in [0.05, 0.1) is 0 Å². The molecule has 10 aliphatic rings. The van der Waals surface area contributed by atoms with Crippen LogP contribution in [0.5, 0.6) is 17.2 Å². The van der Waals surface area contributed by atoms with Gasteiger partial charge in [-0.2, -0.15) is 0 Å². The summed E-state index contributed by atoms with van der Waals surface area (Å²) >= 11 is 0. The minimum atomic E-state index is -3.46. The molecule has 24 heavy (non-hydrogen) atoms. The molecule has 124 valence electrons. The molecule has 0 aromatic heterocycles. The Bertz CT molecular complexity index is 1350. The minimum absolute atomic E-state index is 0.0474. The molecule has 1 spiro atoms. The third-order valence-electron chi connectivity index (χ3n) is 16.7. The van der Waals surface area contributed by atoms with Crippen molar-refractivity contribution in [1.82, 2.24) is 0 Å². The van der Waals surface area contributed by atoms with Crippen LogP contribution in [0.25, 0.3) is 0 Å². The molecule has 10 saturated heterocycles. The quantitative estimate of drug-likeness (QED) is 0.425. The molecule has 0 radical (unpaired) electrons. The monoisotopic (exact) mass is 364 g/mol. The average Bonchev–Trinajstić information content (AvgIpc) is 3.44. The second kappa shape index (κ2) is 0.976. The van der Waals surface area contributed by atoms with E-state index in [1.807, 2.05) is 0 Å². The maximum atomic E-state index is 13.3. The summed E-state index contributed by atoms with van der Waals surface area (Å²) in [7, 11) is 0. The van der Waals surface area contributed by atoms with E-state index in [0.29, 0.717) is 0 Å². The molecule has 3 N–H and O–H groups in total. The summed E-state index contributed by atoms with van der Waals surface area (Å²) in [5, 5.41) is 29.8. The van der Waals surface area contributed by atoms with Crippen molar-refractivity contribution in [3.05, 3.63) is 29.8 Å². The van der Waals surface area contributed by atoms with E-state index in [2.05, 4.69) is 6.58 Å². The third-order valence-corrected chi connectivity index (χ3v) is 59.1. The Hall–Kier alpha value is -1.45. The number of Topliss-reactive ketones (excluding diaryl/α,β-unsaturated/α-hetero) is 1. The van der Waals surface area contributed by atoms with Crippen LogP contribution in [-0.2, 0) is 6.51 Å². The predicted molar refractivity (Wildman–Crippen MR) is 81.3 cm³/mol. The van der Waals surface area contributed by atoms with Gasteiger partial charge in [-0.3, -0.25) is 0 Å². The summed E-state index contributed by atoms with van der Waals surface area (Å²) in [6.07, 6.45) is 0. The molecular weight excluding hydrogens is 348 g/mol. The molecule has 4 atom stereocenters. The Morgan fingerprint density at radius 3 is 1.71 bits per heavy atom. The number of rotatable bonds is 3. The van der Waals surface area contributed by atoms with E-state index in [1.165, 1.54) is 0 Å². The molecule has 0 saturated carbocycles. The summed E-state index contributed by atoms with van der Waals surface area (Å²) in [4.78, 5) is 22.8. The van der Waals surface area contributed by atoms with Gasteiger partial charge in [-0.15, -0.1) is 0 Å². The molecular formula is C19H16FeO4. The van der Waals surface area contributed by atoms with Crippen LogP contribution in [-0.4, -0.2) is 21.1 Å². The van der Waals surface area contributed by atoms with Crippen LogP contribution in [0.1, 0.15) is 10.4 Å². The second-order valence-electron chi connectivity index (χ2n) is 12.3. The molecule has 0 bridgehead atoms. The number of hydrogen-bond acceptors (Lipinski definition) is 4.